The molecular weight excluding hydrogens is 190 g/mol. The van der Waals surface area contributed by atoms with E-state index in [0.29, 0.717) is 12.5 Å². The summed E-state index contributed by atoms with van der Waals surface area (Å²) in [6, 6.07) is 4.14. The Morgan fingerprint density at radius 2 is 2.33 bits per heavy atom. The molecule has 0 fully saturated rings. The molecule has 1 unspecified atom stereocenters. The van der Waals surface area contributed by atoms with Crippen molar-refractivity contribution in [2.45, 2.75) is 19.9 Å². The number of nitrogens with one attached hydrogen (secondary N) is 1. The van der Waals surface area contributed by atoms with E-state index in [-0.39, 0.29) is 6.04 Å². The lowest BCUT2D eigenvalue weighted by atomic mass is 10.3. The maximum atomic E-state index is 5.51. The van der Waals surface area contributed by atoms with Crippen molar-refractivity contribution in [1.29, 1.82) is 0 Å². The van der Waals surface area contributed by atoms with Gasteiger partial charge in [0.05, 0.1) is 0 Å². The maximum absolute atomic E-state index is 5.51. The highest BCUT2D eigenvalue weighted by molar-refractivity contribution is 5.44. The van der Waals surface area contributed by atoms with Gasteiger partial charge in [-0.15, -0.1) is 5.10 Å². The van der Waals surface area contributed by atoms with E-state index in [0.717, 1.165) is 11.2 Å². The number of aromatic nitrogens is 3. The van der Waals surface area contributed by atoms with Crippen molar-refractivity contribution in [3.8, 4) is 0 Å². The molecule has 3 N–H and O–H groups in total. The molecule has 0 saturated carbocycles. The van der Waals surface area contributed by atoms with Crippen LogP contribution < -0.4 is 11.1 Å². The lowest BCUT2D eigenvalue weighted by Crippen LogP contribution is -2.25. The van der Waals surface area contributed by atoms with Crippen LogP contribution >= 0.6 is 0 Å². The molecule has 0 aliphatic rings. The smallest absolute Gasteiger partial charge is 0.243 e. The Bertz CT molecular complexity index is 462. The minimum absolute atomic E-state index is 0.184. The molecule has 0 bridgehead atoms. The molecule has 0 aliphatic heterocycles. The molecule has 15 heavy (non-hydrogen) atoms. The average Bonchev–Trinajstić information content (AvgIpc) is 2.59. The van der Waals surface area contributed by atoms with Crippen LogP contribution in [0.5, 0.6) is 0 Å². The minimum Gasteiger partial charge on any atom is -0.349 e. The zero-order valence-electron chi connectivity index (χ0n) is 8.94. The first kappa shape index (κ1) is 9.92. The third-order valence-electron chi connectivity index (χ3n) is 2.21. The molecule has 2 heterocycles. The van der Waals surface area contributed by atoms with Crippen molar-refractivity contribution >= 4 is 11.6 Å². The molecule has 0 spiro atoms. The Kier molecular flexibility index (Phi) is 2.55. The fourth-order valence-corrected chi connectivity index (χ4v) is 1.33. The van der Waals surface area contributed by atoms with Gasteiger partial charge < -0.3 is 11.1 Å². The number of nitrogens with two attached hydrogens (primary N) is 1. The first-order valence-corrected chi connectivity index (χ1v) is 4.98. The summed E-state index contributed by atoms with van der Waals surface area (Å²) < 4.78 is 1.76. The summed E-state index contributed by atoms with van der Waals surface area (Å²) >= 11 is 0. The van der Waals surface area contributed by atoms with E-state index in [4.69, 9.17) is 5.73 Å². The van der Waals surface area contributed by atoms with Gasteiger partial charge in [0.25, 0.3) is 0 Å². The van der Waals surface area contributed by atoms with Gasteiger partial charge >= 0.3 is 0 Å². The monoisotopic (exact) mass is 205 g/mol. The lowest BCUT2D eigenvalue weighted by Gasteiger charge is -2.07. The van der Waals surface area contributed by atoms with Gasteiger partial charge in [0, 0.05) is 18.8 Å². The number of rotatable bonds is 3. The quantitative estimate of drug-likeness (QED) is 0.777. The molecular formula is C10H15N5. The number of fused-ring (bicyclic) bond motifs is 1. The fourth-order valence-electron chi connectivity index (χ4n) is 1.33. The van der Waals surface area contributed by atoms with Gasteiger partial charge in [-0.3, -0.25) is 0 Å². The van der Waals surface area contributed by atoms with E-state index in [1.165, 1.54) is 0 Å². The van der Waals surface area contributed by atoms with Crippen LogP contribution in [0.4, 0.5) is 5.95 Å². The third kappa shape index (κ3) is 2.07. The van der Waals surface area contributed by atoms with Crippen LogP contribution in [0, 0.1) is 6.92 Å². The molecule has 5 nitrogen and oxygen atoms in total. The molecule has 0 radical (unpaired) electrons. The van der Waals surface area contributed by atoms with Crippen LogP contribution in [0.2, 0.25) is 0 Å². The van der Waals surface area contributed by atoms with Crippen LogP contribution in [0.1, 0.15) is 12.5 Å². The van der Waals surface area contributed by atoms with Gasteiger partial charge in [-0.25, -0.2) is 4.52 Å². The molecule has 0 saturated heterocycles. The van der Waals surface area contributed by atoms with Crippen molar-refractivity contribution in [1.82, 2.24) is 14.6 Å². The number of hydrogen-bond acceptors (Lipinski definition) is 4. The van der Waals surface area contributed by atoms with Gasteiger partial charge in [-0.2, -0.15) is 4.98 Å². The summed E-state index contributed by atoms with van der Waals surface area (Å²) in [6.45, 7) is 4.59. The van der Waals surface area contributed by atoms with Crippen LogP contribution in [-0.4, -0.2) is 27.2 Å². The second kappa shape index (κ2) is 3.86. The van der Waals surface area contributed by atoms with E-state index in [2.05, 4.69) is 15.4 Å². The second-order valence-corrected chi connectivity index (χ2v) is 3.73. The topological polar surface area (TPSA) is 68.2 Å². The maximum Gasteiger partial charge on any atom is 0.243 e. The van der Waals surface area contributed by atoms with Crippen LogP contribution in [0.15, 0.2) is 18.3 Å². The highest BCUT2D eigenvalue weighted by Crippen LogP contribution is 2.07. The van der Waals surface area contributed by atoms with Gasteiger partial charge in [0.1, 0.15) is 0 Å². The summed E-state index contributed by atoms with van der Waals surface area (Å²) in [5.41, 5.74) is 7.51. The van der Waals surface area contributed by atoms with E-state index in [1.54, 1.807) is 4.52 Å². The molecule has 2 aromatic rings. The Hall–Kier alpha value is -1.62. The standard InChI is InChI=1S/C10H15N5/c1-7-3-4-9-13-10(12-8(2)5-11)14-15(9)6-7/h3-4,6,8H,5,11H2,1-2H3,(H,12,14). The molecule has 0 aromatic carbocycles. The number of aryl methyl sites for hydroxylation is 1. The molecule has 2 rings (SSSR count). The Balaban J connectivity index is 2.30. The molecule has 2 aromatic heterocycles. The van der Waals surface area contributed by atoms with E-state index in [1.807, 2.05) is 32.2 Å². The van der Waals surface area contributed by atoms with Crippen LogP contribution in [0.25, 0.3) is 5.65 Å². The Morgan fingerprint density at radius 1 is 1.53 bits per heavy atom. The first-order valence-electron chi connectivity index (χ1n) is 4.98. The van der Waals surface area contributed by atoms with Crippen molar-refractivity contribution in [2.24, 2.45) is 5.73 Å². The van der Waals surface area contributed by atoms with Crippen molar-refractivity contribution in [2.75, 3.05) is 11.9 Å². The number of hydrogen-bond donors (Lipinski definition) is 2. The van der Waals surface area contributed by atoms with Crippen molar-refractivity contribution in [3.05, 3.63) is 23.9 Å². The van der Waals surface area contributed by atoms with Gasteiger partial charge in [-0.1, -0.05) is 6.07 Å². The van der Waals surface area contributed by atoms with E-state index in [9.17, 15) is 0 Å². The summed E-state index contributed by atoms with van der Waals surface area (Å²) in [4.78, 5) is 4.33. The van der Waals surface area contributed by atoms with Crippen LogP contribution in [-0.2, 0) is 0 Å². The minimum atomic E-state index is 0.184. The van der Waals surface area contributed by atoms with E-state index < -0.39 is 0 Å². The zero-order valence-corrected chi connectivity index (χ0v) is 8.94. The predicted molar refractivity (Wildman–Crippen MR) is 59.9 cm³/mol. The Morgan fingerprint density at radius 3 is 3.07 bits per heavy atom. The molecule has 0 amide bonds. The average molecular weight is 205 g/mol. The summed E-state index contributed by atoms with van der Waals surface area (Å²) in [5.74, 6) is 0.624. The predicted octanol–water partition coefficient (Wildman–Crippen LogP) is 0.797. The van der Waals surface area contributed by atoms with Crippen molar-refractivity contribution in [3.63, 3.8) is 0 Å². The lowest BCUT2D eigenvalue weighted by molar-refractivity contribution is 0.788. The van der Waals surface area contributed by atoms with Gasteiger partial charge in [0.2, 0.25) is 5.95 Å². The molecule has 0 aliphatic carbocycles. The molecule has 5 heteroatoms. The number of nitrogens with zero attached hydrogens (tertiary/aromatic N) is 3. The first-order chi connectivity index (χ1) is 7.19. The number of pyridine rings is 1. The van der Waals surface area contributed by atoms with E-state index >= 15 is 0 Å². The fraction of sp³-hybridized carbons (Fsp3) is 0.400. The highest BCUT2D eigenvalue weighted by atomic mass is 15.3. The Labute approximate surface area is 88.3 Å². The summed E-state index contributed by atoms with van der Waals surface area (Å²) in [7, 11) is 0. The largest absolute Gasteiger partial charge is 0.349 e. The summed E-state index contributed by atoms with van der Waals surface area (Å²) in [5, 5.41) is 7.43. The molecule has 1 atom stereocenters. The van der Waals surface area contributed by atoms with Crippen molar-refractivity contribution < 1.29 is 0 Å². The normalized spacial score (nSPS) is 13.0. The highest BCUT2D eigenvalue weighted by Gasteiger charge is 2.05. The molecule has 80 valence electrons. The van der Waals surface area contributed by atoms with Gasteiger partial charge in [0.15, 0.2) is 5.65 Å². The van der Waals surface area contributed by atoms with Gasteiger partial charge in [-0.05, 0) is 25.5 Å². The zero-order chi connectivity index (χ0) is 10.8. The van der Waals surface area contributed by atoms with Crippen LogP contribution in [0.3, 0.4) is 0 Å². The third-order valence-corrected chi connectivity index (χ3v) is 2.21. The SMILES string of the molecule is Cc1ccc2nc(NC(C)CN)nn2c1. The second-order valence-electron chi connectivity index (χ2n) is 3.73. The summed E-state index contributed by atoms with van der Waals surface area (Å²) in [6.07, 6.45) is 1.95. The number of anilines is 1.